The van der Waals surface area contributed by atoms with E-state index >= 15 is 0 Å². The number of rotatable bonds is 6. The molecule has 0 radical (unpaired) electrons. The molecule has 1 aliphatic carbocycles. The molecule has 4 rings (SSSR count). The maximum absolute atomic E-state index is 12.1. The van der Waals surface area contributed by atoms with Crippen molar-refractivity contribution in [2.45, 2.75) is 25.4 Å². The molecule has 2 aliphatic rings. The normalized spacial score (nSPS) is 15.0. The second kappa shape index (κ2) is 7.55. The Kier molecular flexibility index (Phi) is 4.95. The molecule has 2 aromatic rings. The van der Waals surface area contributed by atoms with Gasteiger partial charge in [0, 0.05) is 24.2 Å². The van der Waals surface area contributed by atoms with Gasteiger partial charge in [0.2, 0.25) is 0 Å². The number of halogens is 1. The average Bonchev–Trinajstić information content (AvgIpc) is 3.50. The molecule has 9 heteroatoms. The molecule has 2 aromatic carbocycles. The van der Waals surface area contributed by atoms with Crippen LogP contribution in [0.5, 0.6) is 11.5 Å². The van der Waals surface area contributed by atoms with Crippen LogP contribution in [-0.4, -0.2) is 30.1 Å². The standard InChI is InChI=1S/C19H18ClN3O5/c20-14-7-11(8-17-18(14)28-6-5-27-17)10-21-15-4-1-12(9-16(15)23(25)26)19(24)22-13-2-3-13/h1,4,7-9,13,21H,2-3,5-6,10H2,(H,22,24). The van der Waals surface area contributed by atoms with Crippen LogP contribution < -0.4 is 20.1 Å². The molecular weight excluding hydrogens is 386 g/mol. The molecule has 1 aliphatic heterocycles. The molecular formula is C19H18ClN3O5. The topological polar surface area (TPSA) is 103 Å². The predicted molar refractivity (Wildman–Crippen MR) is 103 cm³/mol. The summed E-state index contributed by atoms with van der Waals surface area (Å²) in [7, 11) is 0. The van der Waals surface area contributed by atoms with Crippen LogP contribution in [0, 0.1) is 10.1 Å². The summed E-state index contributed by atoms with van der Waals surface area (Å²) in [5.74, 6) is 0.765. The van der Waals surface area contributed by atoms with Gasteiger partial charge in [-0.1, -0.05) is 11.6 Å². The second-order valence-corrected chi connectivity index (χ2v) is 7.10. The van der Waals surface area contributed by atoms with Crippen LogP contribution in [0.2, 0.25) is 5.02 Å². The number of hydrogen-bond donors (Lipinski definition) is 2. The van der Waals surface area contributed by atoms with Crippen LogP contribution in [0.1, 0.15) is 28.8 Å². The highest BCUT2D eigenvalue weighted by atomic mass is 35.5. The Hall–Kier alpha value is -3.00. The lowest BCUT2D eigenvalue weighted by Gasteiger charge is -2.20. The average molecular weight is 404 g/mol. The van der Waals surface area contributed by atoms with Gasteiger partial charge in [0.15, 0.2) is 11.5 Å². The van der Waals surface area contributed by atoms with E-state index in [1.54, 1.807) is 24.3 Å². The number of carbonyl (C=O) groups is 1. The molecule has 28 heavy (non-hydrogen) atoms. The Morgan fingerprint density at radius 2 is 2.00 bits per heavy atom. The maximum atomic E-state index is 12.1. The van der Waals surface area contributed by atoms with Crippen molar-refractivity contribution in [1.29, 1.82) is 0 Å². The Morgan fingerprint density at radius 3 is 2.75 bits per heavy atom. The Bertz CT molecular complexity index is 945. The lowest BCUT2D eigenvalue weighted by Crippen LogP contribution is -2.25. The number of nitrogens with one attached hydrogen (secondary N) is 2. The molecule has 1 fully saturated rings. The molecule has 0 unspecified atom stereocenters. The zero-order valence-corrected chi connectivity index (χ0v) is 15.6. The number of amides is 1. The molecule has 0 bridgehead atoms. The minimum Gasteiger partial charge on any atom is -0.486 e. The fourth-order valence-corrected chi connectivity index (χ4v) is 3.22. The van der Waals surface area contributed by atoms with Crippen molar-refractivity contribution in [3.05, 3.63) is 56.6 Å². The number of fused-ring (bicyclic) bond motifs is 1. The number of nitrogens with zero attached hydrogens (tertiary/aromatic N) is 1. The van der Waals surface area contributed by atoms with Crippen molar-refractivity contribution in [3.8, 4) is 11.5 Å². The summed E-state index contributed by atoms with van der Waals surface area (Å²) in [6.07, 6.45) is 1.90. The highest BCUT2D eigenvalue weighted by Gasteiger charge is 2.25. The molecule has 2 N–H and O–H groups in total. The first-order chi connectivity index (χ1) is 13.5. The van der Waals surface area contributed by atoms with Crippen LogP contribution in [0.25, 0.3) is 0 Å². The smallest absolute Gasteiger partial charge is 0.293 e. The van der Waals surface area contributed by atoms with Crippen LogP contribution in [-0.2, 0) is 6.54 Å². The molecule has 0 atom stereocenters. The zero-order valence-electron chi connectivity index (χ0n) is 14.9. The van der Waals surface area contributed by atoms with Gasteiger partial charge in [-0.05, 0) is 42.7 Å². The fraction of sp³-hybridized carbons (Fsp3) is 0.316. The molecule has 8 nitrogen and oxygen atoms in total. The quantitative estimate of drug-likeness (QED) is 0.565. The van der Waals surface area contributed by atoms with Crippen LogP contribution in [0.4, 0.5) is 11.4 Å². The number of carbonyl (C=O) groups excluding carboxylic acids is 1. The van der Waals surface area contributed by atoms with Gasteiger partial charge >= 0.3 is 0 Å². The Morgan fingerprint density at radius 1 is 1.21 bits per heavy atom. The van der Waals surface area contributed by atoms with E-state index in [2.05, 4.69) is 10.6 Å². The molecule has 1 saturated carbocycles. The maximum Gasteiger partial charge on any atom is 0.293 e. The fourth-order valence-electron chi connectivity index (χ4n) is 2.93. The number of nitro benzene ring substituents is 1. The van der Waals surface area contributed by atoms with Crippen LogP contribution in [0.3, 0.4) is 0 Å². The van der Waals surface area contributed by atoms with E-state index in [0.717, 1.165) is 18.4 Å². The number of benzene rings is 2. The minimum absolute atomic E-state index is 0.160. The van der Waals surface area contributed by atoms with Crippen molar-refractivity contribution in [1.82, 2.24) is 5.32 Å². The van der Waals surface area contributed by atoms with Crippen molar-refractivity contribution >= 4 is 28.9 Å². The summed E-state index contributed by atoms with van der Waals surface area (Å²) in [5, 5.41) is 17.8. The second-order valence-electron chi connectivity index (χ2n) is 6.69. The zero-order chi connectivity index (χ0) is 19.7. The van der Waals surface area contributed by atoms with Crippen molar-refractivity contribution < 1.29 is 19.2 Å². The summed E-state index contributed by atoms with van der Waals surface area (Å²) in [6.45, 7) is 1.18. The van der Waals surface area contributed by atoms with Gasteiger partial charge in [-0.2, -0.15) is 0 Å². The monoisotopic (exact) mass is 403 g/mol. The van der Waals surface area contributed by atoms with E-state index in [1.165, 1.54) is 6.07 Å². The van der Waals surface area contributed by atoms with E-state index in [0.29, 0.717) is 42.0 Å². The Labute approximate surface area is 165 Å². The van der Waals surface area contributed by atoms with Crippen LogP contribution >= 0.6 is 11.6 Å². The third-order valence-corrected chi connectivity index (χ3v) is 4.79. The van der Waals surface area contributed by atoms with E-state index in [9.17, 15) is 14.9 Å². The summed E-state index contributed by atoms with van der Waals surface area (Å²) >= 11 is 6.23. The summed E-state index contributed by atoms with van der Waals surface area (Å²) < 4.78 is 11.0. The highest BCUT2D eigenvalue weighted by Crippen LogP contribution is 2.38. The molecule has 1 heterocycles. The third-order valence-electron chi connectivity index (χ3n) is 4.51. The number of anilines is 1. The first kappa shape index (κ1) is 18.4. The van der Waals surface area contributed by atoms with Gasteiger partial charge in [-0.25, -0.2) is 0 Å². The number of hydrogen-bond acceptors (Lipinski definition) is 6. The lowest BCUT2D eigenvalue weighted by molar-refractivity contribution is -0.384. The molecule has 1 amide bonds. The summed E-state index contributed by atoms with van der Waals surface area (Å²) in [4.78, 5) is 23.1. The van der Waals surface area contributed by atoms with E-state index in [4.69, 9.17) is 21.1 Å². The number of ether oxygens (including phenoxy) is 2. The van der Waals surface area contributed by atoms with Crippen molar-refractivity contribution in [2.24, 2.45) is 0 Å². The largest absolute Gasteiger partial charge is 0.486 e. The van der Waals surface area contributed by atoms with Gasteiger partial charge in [0.25, 0.3) is 11.6 Å². The van der Waals surface area contributed by atoms with E-state index in [-0.39, 0.29) is 23.2 Å². The van der Waals surface area contributed by atoms with Gasteiger partial charge < -0.3 is 20.1 Å². The minimum atomic E-state index is -0.507. The van der Waals surface area contributed by atoms with Crippen LogP contribution in [0.15, 0.2) is 30.3 Å². The molecule has 0 saturated heterocycles. The first-order valence-corrected chi connectivity index (χ1v) is 9.30. The predicted octanol–water partition coefficient (Wildman–Crippen LogP) is 3.52. The summed E-state index contributed by atoms with van der Waals surface area (Å²) in [6, 6.07) is 8.10. The molecule has 146 valence electrons. The van der Waals surface area contributed by atoms with Gasteiger partial charge in [0.1, 0.15) is 18.9 Å². The van der Waals surface area contributed by atoms with Crippen molar-refractivity contribution in [3.63, 3.8) is 0 Å². The van der Waals surface area contributed by atoms with E-state index < -0.39 is 4.92 Å². The molecule has 0 spiro atoms. The summed E-state index contributed by atoms with van der Waals surface area (Å²) in [5.41, 5.74) is 1.22. The third kappa shape index (κ3) is 3.96. The van der Waals surface area contributed by atoms with Gasteiger partial charge in [0.05, 0.1) is 9.95 Å². The number of nitro groups is 1. The first-order valence-electron chi connectivity index (χ1n) is 8.92. The van der Waals surface area contributed by atoms with E-state index in [1.807, 2.05) is 0 Å². The van der Waals surface area contributed by atoms with Crippen molar-refractivity contribution in [2.75, 3.05) is 18.5 Å². The van der Waals surface area contributed by atoms with Gasteiger partial charge in [-0.15, -0.1) is 0 Å². The highest BCUT2D eigenvalue weighted by molar-refractivity contribution is 6.32. The SMILES string of the molecule is O=C(NC1CC1)c1ccc(NCc2cc(Cl)c3c(c2)OCCO3)c([N+](=O)[O-])c1. The molecule has 0 aromatic heterocycles. The Balaban J connectivity index is 1.52. The van der Waals surface area contributed by atoms with Gasteiger partial charge in [-0.3, -0.25) is 14.9 Å². The lowest BCUT2D eigenvalue weighted by atomic mass is 10.1.